The summed E-state index contributed by atoms with van der Waals surface area (Å²) in [4.78, 5) is 12.2. The van der Waals surface area contributed by atoms with E-state index in [0.29, 0.717) is 5.56 Å². The third kappa shape index (κ3) is 3.12. The first kappa shape index (κ1) is 14.0. The molecule has 1 aliphatic heterocycles. The lowest BCUT2D eigenvalue weighted by molar-refractivity contribution is 0.0779. The van der Waals surface area contributed by atoms with Crippen molar-refractivity contribution >= 4 is 37.8 Å². The maximum absolute atomic E-state index is 12.2. The number of carbonyl (C=O) groups excluding carboxylic acids is 1. The highest BCUT2D eigenvalue weighted by Crippen LogP contribution is 2.21. The number of ether oxygens (including phenoxy) is 1. The second-order valence-electron chi connectivity index (χ2n) is 4.14. The van der Waals surface area contributed by atoms with Crippen molar-refractivity contribution < 1.29 is 9.53 Å². The Bertz CT molecular complexity index is 454. The summed E-state index contributed by atoms with van der Waals surface area (Å²) in [6.07, 6.45) is 0.0277. The minimum atomic E-state index is -0.0982. The number of amides is 1. The molecule has 1 saturated heterocycles. The summed E-state index contributed by atoms with van der Waals surface area (Å²) in [6.45, 7) is 1.50. The first-order valence-corrected chi connectivity index (χ1v) is 7.20. The number of rotatable bonds is 3. The molecule has 0 radical (unpaired) electrons. The van der Waals surface area contributed by atoms with Gasteiger partial charge in [0.1, 0.15) is 0 Å². The summed E-state index contributed by atoms with van der Waals surface area (Å²) in [5.74, 6) is -0.0982. The first-order chi connectivity index (χ1) is 8.61. The molecule has 6 heteroatoms. The number of benzene rings is 1. The molecule has 1 aromatic carbocycles. The van der Waals surface area contributed by atoms with Gasteiger partial charge in [-0.3, -0.25) is 4.79 Å². The molecule has 1 amide bonds. The number of carbonyl (C=O) groups is 1. The maximum atomic E-state index is 12.2. The summed E-state index contributed by atoms with van der Waals surface area (Å²) in [5.41, 5.74) is 0.617. The molecule has 1 unspecified atom stereocenters. The standard InChI is InChI=1S/C12H14Br2N2O2/c1-18-11-6-15-5-10(11)16-12(17)8-4-7(13)2-3-9(8)14/h2-4,10-11,15H,5-6H2,1H3,(H,16,17)/t10?,11-/m0/s1. The zero-order valence-electron chi connectivity index (χ0n) is 9.87. The van der Waals surface area contributed by atoms with E-state index in [1.165, 1.54) is 0 Å². The van der Waals surface area contributed by atoms with Crippen LogP contribution in [0.3, 0.4) is 0 Å². The molecule has 0 saturated carbocycles. The Morgan fingerprint density at radius 3 is 2.94 bits per heavy atom. The van der Waals surface area contributed by atoms with E-state index < -0.39 is 0 Å². The van der Waals surface area contributed by atoms with E-state index in [4.69, 9.17) is 4.74 Å². The molecular weight excluding hydrogens is 364 g/mol. The van der Waals surface area contributed by atoms with Crippen molar-refractivity contribution in [2.75, 3.05) is 20.2 Å². The highest BCUT2D eigenvalue weighted by Gasteiger charge is 2.28. The predicted molar refractivity (Wildman–Crippen MR) is 76.8 cm³/mol. The molecule has 1 aromatic rings. The minimum absolute atomic E-state index is 0.00776. The largest absolute Gasteiger partial charge is 0.378 e. The highest BCUT2D eigenvalue weighted by atomic mass is 79.9. The van der Waals surface area contributed by atoms with Crippen LogP contribution in [0.1, 0.15) is 10.4 Å². The van der Waals surface area contributed by atoms with Crippen LogP contribution in [0, 0.1) is 0 Å². The maximum Gasteiger partial charge on any atom is 0.252 e. The number of methoxy groups -OCH3 is 1. The number of hydrogen-bond donors (Lipinski definition) is 2. The van der Waals surface area contributed by atoms with Crippen LogP contribution in [0.25, 0.3) is 0 Å². The third-order valence-electron chi connectivity index (χ3n) is 2.95. The molecule has 0 aliphatic carbocycles. The van der Waals surface area contributed by atoms with Gasteiger partial charge < -0.3 is 15.4 Å². The smallest absolute Gasteiger partial charge is 0.252 e. The SMILES string of the molecule is CO[C@H]1CNCC1NC(=O)c1cc(Br)ccc1Br. The zero-order chi connectivity index (χ0) is 13.1. The molecule has 1 heterocycles. The molecule has 0 bridgehead atoms. The van der Waals surface area contributed by atoms with E-state index >= 15 is 0 Å². The van der Waals surface area contributed by atoms with Crippen molar-refractivity contribution in [2.45, 2.75) is 12.1 Å². The van der Waals surface area contributed by atoms with Crippen LogP contribution < -0.4 is 10.6 Å². The highest BCUT2D eigenvalue weighted by molar-refractivity contribution is 9.11. The predicted octanol–water partition coefficient (Wildman–Crippen LogP) is 1.93. The lowest BCUT2D eigenvalue weighted by Crippen LogP contribution is -2.43. The van der Waals surface area contributed by atoms with Crippen LogP contribution in [0.5, 0.6) is 0 Å². The summed E-state index contributed by atoms with van der Waals surface area (Å²) >= 11 is 6.75. The Labute approximate surface area is 123 Å². The van der Waals surface area contributed by atoms with E-state index in [9.17, 15) is 4.79 Å². The van der Waals surface area contributed by atoms with Crippen molar-refractivity contribution in [3.63, 3.8) is 0 Å². The Kier molecular flexibility index (Phi) is 4.77. The van der Waals surface area contributed by atoms with Gasteiger partial charge >= 0.3 is 0 Å². The average Bonchev–Trinajstić information content (AvgIpc) is 2.79. The third-order valence-corrected chi connectivity index (χ3v) is 4.14. The summed E-state index contributed by atoms with van der Waals surface area (Å²) in [7, 11) is 1.66. The van der Waals surface area contributed by atoms with Gasteiger partial charge in [-0.1, -0.05) is 15.9 Å². The topological polar surface area (TPSA) is 50.4 Å². The molecule has 0 aromatic heterocycles. The van der Waals surface area contributed by atoms with Crippen LogP contribution >= 0.6 is 31.9 Å². The number of halogens is 2. The lowest BCUT2D eigenvalue weighted by atomic mass is 10.1. The van der Waals surface area contributed by atoms with Gasteiger partial charge in [-0.2, -0.15) is 0 Å². The lowest BCUT2D eigenvalue weighted by Gasteiger charge is -2.19. The van der Waals surface area contributed by atoms with Gasteiger partial charge in [0.05, 0.1) is 17.7 Å². The number of nitrogens with one attached hydrogen (secondary N) is 2. The van der Waals surface area contributed by atoms with Crippen molar-refractivity contribution in [1.29, 1.82) is 0 Å². The Balaban J connectivity index is 2.09. The summed E-state index contributed by atoms with van der Waals surface area (Å²) in [6, 6.07) is 5.53. The van der Waals surface area contributed by atoms with Gasteiger partial charge in [-0.05, 0) is 34.1 Å². The van der Waals surface area contributed by atoms with E-state index in [-0.39, 0.29) is 18.1 Å². The van der Waals surface area contributed by atoms with Crippen LogP contribution in [0.4, 0.5) is 0 Å². The normalized spacial score (nSPS) is 23.1. The molecule has 4 nitrogen and oxygen atoms in total. The Hall–Kier alpha value is -0.430. The van der Waals surface area contributed by atoms with Crippen molar-refractivity contribution in [2.24, 2.45) is 0 Å². The molecule has 18 heavy (non-hydrogen) atoms. The fourth-order valence-corrected chi connectivity index (χ4v) is 2.75. The molecule has 2 N–H and O–H groups in total. The van der Waals surface area contributed by atoms with Crippen molar-refractivity contribution in [1.82, 2.24) is 10.6 Å². The van der Waals surface area contributed by atoms with E-state index in [0.717, 1.165) is 22.0 Å². The number of hydrogen-bond acceptors (Lipinski definition) is 3. The monoisotopic (exact) mass is 376 g/mol. The van der Waals surface area contributed by atoms with Gasteiger partial charge in [0.15, 0.2) is 0 Å². The first-order valence-electron chi connectivity index (χ1n) is 5.61. The quantitative estimate of drug-likeness (QED) is 0.846. The molecule has 2 atom stereocenters. The van der Waals surface area contributed by atoms with Gasteiger partial charge in [0, 0.05) is 29.1 Å². The van der Waals surface area contributed by atoms with Crippen LogP contribution in [0.2, 0.25) is 0 Å². The van der Waals surface area contributed by atoms with Crippen molar-refractivity contribution in [3.05, 3.63) is 32.7 Å². The Morgan fingerprint density at radius 2 is 2.22 bits per heavy atom. The van der Waals surface area contributed by atoms with E-state index in [2.05, 4.69) is 42.5 Å². The van der Waals surface area contributed by atoms with E-state index in [1.54, 1.807) is 13.2 Å². The van der Waals surface area contributed by atoms with Crippen molar-refractivity contribution in [3.8, 4) is 0 Å². The second-order valence-corrected chi connectivity index (χ2v) is 5.91. The molecule has 98 valence electrons. The molecule has 1 aliphatic rings. The molecule has 1 fully saturated rings. The van der Waals surface area contributed by atoms with E-state index in [1.807, 2.05) is 12.1 Å². The fraction of sp³-hybridized carbons (Fsp3) is 0.417. The zero-order valence-corrected chi connectivity index (χ0v) is 13.0. The second kappa shape index (κ2) is 6.14. The fourth-order valence-electron chi connectivity index (χ4n) is 1.96. The molecule has 0 spiro atoms. The van der Waals surface area contributed by atoms with Gasteiger partial charge in [0.25, 0.3) is 5.91 Å². The minimum Gasteiger partial charge on any atom is -0.378 e. The van der Waals surface area contributed by atoms with Gasteiger partial charge in [0.2, 0.25) is 0 Å². The Morgan fingerprint density at radius 1 is 1.44 bits per heavy atom. The average molecular weight is 378 g/mol. The molecule has 2 rings (SSSR count). The summed E-state index contributed by atoms with van der Waals surface area (Å²) < 4.78 is 6.98. The summed E-state index contributed by atoms with van der Waals surface area (Å²) in [5, 5.41) is 6.18. The van der Waals surface area contributed by atoms with Crippen LogP contribution in [-0.4, -0.2) is 38.3 Å². The van der Waals surface area contributed by atoms with Crippen LogP contribution in [0.15, 0.2) is 27.1 Å². The molecular formula is C12H14Br2N2O2. The van der Waals surface area contributed by atoms with Gasteiger partial charge in [-0.15, -0.1) is 0 Å². The van der Waals surface area contributed by atoms with Gasteiger partial charge in [-0.25, -0.2) is 0 Å². The van der Waals surface area contributed by atoms with Crippen LogP contribution in [-0.2, 0) is 4.74 Å².